The van der Waals surface area contributed by atoms with E-state index >= 15 is 0 Å². The summed E-state index contributed by atoms with van der Waals surface area (Å²) in [5.41, 5.74) is 0.193. The van der Waals surface area contributed by atoms with E-state index in [4.69, 9.17) is 4.52 Å². The van der Waals surface area contributed by atoms with E-state index in [-0.39, 0.29) is 5.69 Å². The third-order valence-corrected chi connectivity index (χ3v) is 2.90. The molecule has 0 radical (unpaired) electrons. The molecule has 0 aliphatic carbocycles. The molecule has 0 fully saturated rings. The normalized spacial score (nSPS) is 10.3. The van der Waals surface area contributed by atoms with E-state index in [1.807, 2.05) is 19.1 Å². The Hall–Kier alpha value is -1.62. The molecule has 2 aromatic heterocycles. The van der Waals surface area contributed by atoms with Gasteiger partial charge in [-0.25, -0.2) is 4.79 Å². The molecule has 15 heavy (non-hydrogen) atoms. The quantitative estimate of drug-likeness (QED) is 0.734. The largest absolute Gasteiger partial charge is 0.464 e. The second kappa shape index (κ2) is 3.86. The van der Waals surface area contributed by atoms with E-state index in [1.54, 1.807) is 17.4 Å². The summed E-state index contributed by atoms with van der Waals surface area (Å²) in [6.07, 6.45) is 0. The number of hydrogen-bond donors (Lipinski definition) is 0. The fourth-order valence-corrected chi connectivity index (χ4v) is 1.97. The minimum atomic E-state index is -0.488. The van der Waals surface area contributed by atoms with Crippen molar-refractivity contribution in [2.24, 2.45) is 0 Å². The highest BCUT2D eigenvalue weighted by Crippen LogP contribution is 2.28. The smallest absolute Gasteiger partial charge is 0.360 e. The predicted molar refractivity (Wildman–Crippen MR) is 55.9 cm³/mol. The first-order chi connectivity index (χ1) is 7.20. The van der Waals surface area contributed by atoms with Gasteiger partial charge < -0.3 is 9.26 Å². The number of aromatic nitrogens is 1. The van der Waals surface area contributed by atoms with Crippen LogP contribution in [-0.4, -0.2) is 18.2 Å². The van der Waals surface area contributed by atoms with Gasteiger partial charge in [0.15, 0.2) is 11.5 Å². The zero-order valence-electron chi connectivity index (χ0n) is 8.31. The molecule has 0 aliphatic heterocycles. The molecule has 0 unspecified atom stereocenters. The summed E-state index contributed by atoms with van der Waals surface area (Å²) in [7, 11) is 1.31. The van der Waals surface area contributed by atoms with Crippen molar-refractivity contribution >= 4 is 17.3 Å². The Morgan fingerprint density at radius 2 is 2.33 bits per heavy atom. The maximum absolute atomic E-state index is 11.1. The van der Waals surface area contributed by atoms with Crippen LogP contribution in [0.4, 0.5) is 0 Å². The van der Waals surface area contributed by atoms with Gasteiger partial charge in [0.2, 0.25) is 0 Å². The number of nitrogens with zero attached hydrogens (tertiary/aromatic N) is 1. The Morgan fingerprint density at radius 3 is 2.93 bits per heavy atom. The highest BCUT2D eigenvalue weighted by molar-refractivity contribution is 7.15. The molecular weight excluding hydrogens is 214 g/mol. The molecule has 0 aliphatic rings. The van der Waals surface area contributed by atoms with Crippen LogP contribution in [0.2, 0.25) is 0 Å². The number of thiophene rings is 1. The molecule has 2 heterocycles. The molecule has 78 valence electrons. The van der Waals surface area contributed by atoms with Crippen molar-refractivity contribution in [2.75, 3.05) is 7.11 Å². The van der Waals surface area contributed by atoms with Gasteiger partial charge in [0.05, 0.1) is 12.0 Å². The number of ether oxygens (including phenoxy) is 1. The minimum absolute atomic E-state index is 0.193. The van der Waals surface area contributed by atoms with Gasteiger partial charge in [-0.3, -0.25) is 0 Å². The molecule has 5 heteroatoms. The monoisotopic (exact) mass is 223 g/mol. The molecular formula is C10H9NO3S. The van der Waals surface area contributed by atoms with Gasteiger partial charge in [-0.1, -0.05) is 5.16 Å². The van der Waals surface area contributed by atoms with Gasteiger partial charge >= 0.3 is 5.97 Å². The number of hydrogen-bond acceptors (Lipinski definition) is 5. The summed E-state index contributed by atoms with van der Waals surface area (Å²) < 4.78 is 9.58. The number of esters is 1. The van der Waals surface area contributed by atoms with E-state index in [9.17, 15) is 4.79 Å². The van der Waals surface area contributed by atoms with Gasteiger partial charge in [-0.2, -0.15) is 0 Å². The Morgan fingerprint density at radius 1 is 1.53 bits per heavy atom. The molecule has 0 aromatic carbocycles. The van der Waals surface area contributed by atoms with Gasteiger partial charge in [0, 0.05) is 10.9 Å². The van der Waals surface area contributed by atoms with E-state index in [0.717, 1.165) is 4.88 Å². The Bertz CT molecular complexity index is 486. The highest BCUT2D eigenvalue weighted by Gasteiger charge is 2.14. The van der Waals surface area contributed by atoms with Gasteiger partial charge in [-0.15, -0.1) is 11.3 Å². The van der Waals surface area contributed by atoms with E-state index in [1.165, 1.54) is 12.0 Å². The summed E-state index contributed by atoms with van der Waals surface area (Å²) in [6.45, 7) is 2.01. The zero-order valence-corrected chi connectivity index (χ0v) is 9.13. The van der Waals surface area contributed by atoms with Crippen molar-refractivity contribution in [1.82, 2.24) is 5.16 Å². The molecule has 4 nitrogen and oxygen atoms in total. The summed E-state index contributed by atoms with van der Waals surface area (Å²) in [4.78, 5) is 13.3. The van der Waals surface area contributed by atoms with Crippen molar-refractivity contribution in [3.63, 3.8) is 0 Å². The summed E-state index contributed by atoms with van der Waals surface area (Å²) in [5, 5.41) is 3.63. The van der Waals surface area contributed by atoms with E-state index in [2.05, 4.69) is 9.89 Å². The van der Waals surface area contributed by atoms with Crippen LogP contribution in [-0.2, 0) is 4.74 Å². The Balaban J connectivity index is 2.31. The lowest BCUT2D eigenvalue weighted by Crippen LogP contribution is -2.00. The van der Waals surface area contributed by atoms with Crippen molar-refractivity contribution in [1.29, 1.82) is 0 Å². The third-order valence-electron chi connectivity index (χ3n) is 1.89. The summed E-state index contributed by atoms with van der Waals surface area (Å²) in [5.74, 6) is 0.103. The van der Waals surface area contributed by atoms with Crippen LogP contribution >= 0.6 is 11.3 Å². The number of carbonyl (C=O) groups is 1. The standard InChI is InChI=1S/C10H9NO3S/c1-6-3-4-9(15-6)8-5-7(11-14-8)10(12)13-2/h3-5H,1-2H3. The predicted octanol–water partition coefficient (Wildman–Crippen LogP) is 2.50. The van der Waals surface area contributed by atoms with E-state index < -0.39 is 5.97 Å². The Labute approximate surface area is 90.5 Å². The molecule has 0 atom stereocenters. The number of rotatable bonds is 2. The lowest BCUT2D eigenvalue weighted by atomic mass is 10.3. The fraction of sp³-hybridized carbons (Fsp3) is 0.200. The van der Waals surface area contributed by atoms with Crippen molar-refractivity contribution in [3.8, 4) is 10.6 Å². The lowest BCUT2D eigenvalue weighted by molar-refractivity contribution is 0.0589. The average Bonchev–Trinajstić information content (AvgIpc) is 2.84. The first kappa shape index (κ1) is 9.92. The second-order valence-corrected chi connectivity index (χ2v) is 4.27. The van der Waals surface area contributed by atoms with Crippen LogP contribution in [0.25, 0.3) is 10.6 Å². The first-order valence-electron chi connectivity index (χ1n) is 4.32. The molecule has 0 saturated carbocycles. The first-order valence-corrected chi connectivity index (χ1v) is 5.14. The molecule has 0 saturated heterocycles. The second-order valence-electron chi connectivity index (χ2n) is 2.98. The number of methoxy groups -OCH3 is 1. The summed E-state index contributed by atoms with van der Waals surface area (Å²) in [6, 6.07) is 5.50. The molecule has 2 rings (SSSR count). The SMILES string of the molecule is COC(=O)c1cc(-c2ccc(C)s2)on1. The van der Waals surface area contributed by atoms with Crippen LogP contribution in [0.15, 0.2) is 22.7 Å². The fourth-order valence-electron chi connectivity index (χ4n) is 1.16. The van der Waals surface area contributed by atoms with Crippen LogP contribution in [0.3, 0.4) is 0 Å². The van der Waals surface area contributed by atoms with Crippen LogP contribution in [0, 0.1) is 6.92 Å². The topological polar surface area (TPSA) is 52.3 Å². The van der Waals surface area contributed by atoms with Gasteiger partial charge in [-0.05, 0) is 19.1 Å². The molecule has 2 aromatic rings. The number of aryl methyl sites for hydroxylation is 1. The van der Waals surface area contributed by atoms with E-state index in [0.29, 0.717) is 5.76 Å². The number of carbonyl (C=O) groups excluding carboxylic acids is 1. The summed E-state index contributed by atoms with van der Waals surface area (Å²) >= 11 is 1.59. The molecule has 0 amide bonds. The average molecular weight is 223 g/mol. The van der Waals surface area contributed by atoms with Crippen molar-refractivity contribution in [2.45, 2.75) is 6.92 Å². The van der Waals surface area contributed by atoms with Crippen molar-refractivity contribution < 1.29 is 14.1 Å². The van der Waals surface area contributed by atoms with Crippen molar-refractivity contribution in [3.05, 3.63) is 28.8 Å². The maximum Gasteiger partial charge on any atom is 0.360 e. The van der Waals surface area contributed by atoms with Gasteiger partial charge in [0.1, 0.15) is 0 Å². The Kier molecular flexibility index (Phi) is 2.55. The van der Waals surface area contributed by atoms with Crippen LogP contribution in [0.5, 0.6) is 0 Å². The minimum Gasteiger partial charge on any atom is -0.464 e. The lowest BCUT2D eigenvalue weighted by Gasteiger charge is -1.88. The molecule has 0 spiro atoms. The van der Waals surface area contributed by atoms with Gasteiger partial charge in [0.25, 0.3) is 0 Å². The maximum atomic E-state index is 11.1. The zero-order chi connectivity index (χ0) is 10.8. The third kappa shape index (κ3) is 1.92. The van der Waals surface area contributed by atoms with Crippen LogP contribution < -0.4 is 0 Å². The molecule has 0 bridgehead atoms. The van der Waals surface area contributed by atoms with Crippen LogP contribution in [0.1, 0.15) is 15.4 Å². The molecule has 0 N–H and O–H groups in total. The highest BCUT2D eigenvalue weighted by atomic mass is 32.1.